The summed E-state index contributed by atoms with van der Waals surface area (Å²) in [5.74, 6) is -1.80. The second kappa shape index (κ2) is 6.43. The van der Waals surface area contributed by atoms with Gasteiger partial charge in [-0.2, -0.15) is 0 Å². The van der Waals surface area contributed by atoms with Gasteiger partial charge in [0.25, 0.3) is 0 Å². The number of aromatic nitrogens is 1. The molecule has 7 heteroatoms. The Kier molecular flexibility index (Phi) is 4.91. The van der Waals surface area contributed by atoms with Gasteiger partial charge in [0, 0.05) is 19.2 Å². The molecule has 2 amide bonds. The predicted molar refractivity (Wildman–Crippen MR) is 62.8 cm³/mol. The minimum absolute atomic E-state index is 0.0577. The van der Waals surface area contributed by atoms with Crippen molar-refractivity contribution in [2.24, 2.45) is 5.73 Å². The highest BCUT2D eigenvalue weighted by Crippen LogP contribution is 2.01. The smallest absolute Gasteiger partial charge is 0.352 e. The molecule has 0 aliphatic heterocycles. The average Bonchev–Trinajstić information content (AvgIpc) is 2.72. The van der Waals surface area contributed by atoms with Gasteiger partial charge in [-0.15, -0.1) is 0 Å². The van der Waals surface area contributed by atoms with Crippen LogP contribution in [0.1, 0.15) is 23.3 Å². The number of hydrogen-bond acceptors (Lipinski definition) is 3. The Bertz CT molecular complexity index is 453. The molecule has 1 aromatic heterocycles. The molecule has 0 saturated heterocycles. The first-order valence-electron chi connectivity index (χ1n) is 5.44. The molecular weight excluding hydrogens is 238 g/mol. The van der Waals surface area contributed by atoms with Crippen LogP contribution in [0.5, 0.6) is 0 Å². The second-order valence-corrected chi connectivity index (χ2v) is 3.75. The number of hydrogen-bond donors (Lipinski definition) is 3. The number of rotatable bonds is 7. The van der Waals surface area contributed by atoms with Crippen molar-refractivity contribution in [1.29, 1.82) is 0 Å². The minimum atomic E-state index is -1.08. The van der Waals surface area contributed by atoms with Crippen LogP contribution in [-0.4, -0.2) is 34.0 Å². The van der Waals surface area contributed by atoms with E-state index in [1.807, 2.05) is 0 Å². The molecule has 0 saturated carbocycles. The summed E-state index contributed by atoms with van der Waals surface area (Å²) in [5.41, 5.74) is 5.01. The fourth-order valence-electron chi connectivity index (χ4n) is 1.45. The maximum absolute atomic E-state index is 11.5. The summed E-state index contributed by atoms with van der Waals surface area (Å²) in [5, 5.41) is 11.4. The van der Waals surface area contributed by atoms with Crippen LogP contribution in [0.4, 0.5) is 0 Å². The quantitative estimate of drug-likeness (QED) is 0.572. The van der Waals surface area contributed by atoms with Crippen molar-refractivity contribution in [3.8, 4) is 0 Å². The van der Waals surface area contributed by atoms with E-state index < -0.39 is 11.9 Å². The van der Waals surface area contributed by atoms with E-state index in [1.54, 1.807) is 6.07 Å². The fraction of sp³-hybridized carbons (Fsp3) is 0.364. The van der Waals surface area contributed by atoms with Crippen molar-refractivity contribution in [1.82, 2.24) is 9.88 Å². The first-order chi connectivity index (χ1) is 8.50. The maximum Gasteiger partial charge on any atom is 0.352 e. The third-order valence-corrected chi connectivity index (χ3v) is 2.28. The van der Waals surface area contributed by atoms with Crippen LogP contribution in [0.2, 0.25) is 0 Å². The van der Waals surface area contributed by atoms with Crippen LogP contribution >= 0.6 is 0 Å². The summed E-state index contributed by atoms with van der Waals surface area (Å²) in [6.45, 7) is 0.274. The number of nitrogens with zero attached hydrogens (tertiary/aromatic N) is 1. The van der Waals surface area contributed by atoms with Crippen molar-refractivity contribution in [3.05, 3.63) is 24.0 Å². The Morgan fingerprint density at radius 2 is 2.11 bits per heavy atom. The van der Waals surface area contributed by atoms with Crippen molar-refractivity contribution < 1.29 is 19.5 Å². The topological polar surface area (TPSA) is 114 Å². The van der Waals surface area contributed by atoms with Crippen LogP contribution in [-0.2, 0) is 16.1 Å². The number of primary amides is 1. The van der Waals surface area contributed by atoms with E-state index >= 15 is 0 Å². The zero-order valence-corrected chi connectivity index (χ0v) is 9.76. The predicted octanol–water partition coefficient (Wildman–Crippen LogP) is -0.432. The molecule has 4 N–H and O–H groups in total. The van der Waals surface area contributed by atoms with Gasteiger partial charge in [0.1, 0.15) is 12.2 Å². The van der Waals surface area contributed by atoms with Gasteiger partial charge in [0.2, 0.25) is 11.8 Å². The zero-order valence-electron chi connectivity index (χ0n) is 9.76. The number of nitrogens with one attached hydrogen (secondary N) is 1. The van der Waals surface area contributed by atoms with Gasteiger partial charge in [-0.25, -0.2) is 4.79 Å². The highest BCUT2D eigenvalue weighted by Gasteiger charge is 2.11. The Hall–Kier alpha value is -2.31. The van der Waals surface area contributed by atoms with Crippen LogP contribution in [0, 0.1) is 0 Å². The van der Waals surface area contributed by atoms with E-state index in [1.165, 1.54) is 16.8 Å². The molecule has 0 fully saturated rings. The number of carbonyl (C=O) groups excluding carboxylic acids is 2. The molecule has 0 aliphatic rings. The van der Waals surface area contributed by atoms with Gasteiger partial charge in [-0.05, 0) is 18.6 Å². The molecule has 18 heavy (non-hydrogen) atoms. The van der Waals surface area contributed by atoms with Gasteiger partial charge >= 0.3 is 5.97 Å². The number of carbonyl (C=O) groups is 3. The van der Waals surface area contributed by atoms with E-state index in [0.29, 0.717) is 13.0 Å². The number of aromatic carboxylic acids is 1. The molecule has 0 aromatic carbocycles. The van der Waals surface area contributed by atoms with Gasteiger partial charge in [-0.1, -0.05) is 0 Å². The molecular formula is C11H15N3O4. The SMILES string of the molecule is NC(=O)CCCNC(=O)Cn1cccc1C(=O)O. The molecule has 7 nitrogen and oxygen atoms in total. The zero-order chi connectivity index (χ0) is 13.5. The first-order valence-corrected chi connectivity index (χ1v) is 5.44. The van der Waals surface area contributed by atoms with E-state index in [0.717, 1.165) is 0 Å². The summed E-state index contributed by atoms with van der Waals surface area (Å²) < 4.78 is 1.34. The molecule has 0 aliphatic carbocycles. The van der Waals surface area contributed by atoms with Crippen LogP contribution in [0.3, 0.4) is 0 Å². The highest BCUT2D eigenvalue weighted by atomic mass is 16.4. The molecule has 98 valence electrons. The Balaban J connectivity index is 2.38. The number of nitrogens with two attached hydrogens (primary N) is 1. The lowest BCUT2D eigenvalue weighted by atomic mass is 10.3. The molecule has 0 spiro atoms. The van der Waals surface area contributed by atoms with Gasteiger partial charge in [0.15, 0.2) is 0 Å². The van der Waals surface area contributed by atoms with Crippen LogP contribution in [0.25, 0.3) is 0 Å². The monoisotopic (exact) mass is 253 g/mol. The molecule has 0 unspecified atom stereocenters. The first kappa shape index (κ1) is 13.8. The van der Waals surface area contributed by atoms with E-state index in [9.17, 15) is 14.4 Å². The number of carboxylic acids is 1. The van der Waals surface area contributed by atoms with Crippen molar-refractivity contribution in [2.75, 3.05) is 6.54 Å². The van der Waals surface area contributed by atoms with Crippen molar-refractivity contribution in [2.45, 2.75) is 19.4 Å². The summed E-state index contributed by atoms with van der Waals surface area (Å²) in [6.07, 6.45) is 2.20. The molecule has 0 bridgehead atoms. The Morgan fingerprint density at radius 3 is 2.72 bits per heavy atom. The van der Waals surface area contributed by atoms with E-state index in [2.05, 4.69) is 5.32 Å². The lowest BCUT2D eigenvalue weighted by molar-refractivity contribution is -0.122. The standard InChI is InChI=1S/C11H15N3O4/c12-9(15)4-1-5-13-10(16)7-14-6-2-3-8(14)11(17)18/h2-3,6H,1,4-5,7H2,(H2,12,15)(H,13,16)(H,17,18). The van der Waals surface area contributed by atoms with E-state index in [-0.39, 0.29) is 24.6 Å². The molecule has 0 atom stereocenters. The lowest BCUT2D eigenvalue weighted by Crippen LogP contribution is -2.29. The summed E-state index contributed by atoms with van der Waals surface area (Å²) in [4.78, 5) is 32.7. The van der Waals surface area contributed by atoms with E-state index in [4.69, 9.17) is 10.8 Å². The van der Waals surface area contributed by atoms with Crippen molar-refractivity contribution >= 4 is 17.8 Å². The summed E-state index contributed by atoms with van der Waals surface area (Å²) in [6, 6.07) is 2.98. The molecule has 1 heterocycles. The third kappa shape index (κ3) is 4.28. The number of carboxylic acid groups (broad SMARTS) is 1. The lowest BCUT2D eigenvalue weighted by Gasteiger charge is -2.07. The fourth-order valence-corrected chi connectivity index (χ4v) is 1.45. The third-order valence-electron chi connectivity index (χ3n) is 2.28. The Morgan fingerprint density at radius 1 is 1.39 bits per heavy atom. The largest absolute Gasteiger partial charge is 0.477 e. The maximum atomic E-state index is 11.5. The Labute approximate surface area is 104 Å². The molecule has 1 aromatic rings. The van der Waals surface area contributed by atoms with Gasteiger partial charge in [-0.3, -0.25) is 9.59 Å². The summed E-state index contributed by atoms with van der Waals surface area (Å²) in [7, 11) is 0. The number of amides is 2. The average molecular weight is 253 g/mol. The summed E-state index contributed by atoms with van der Waals surface area (Å²) >= 11 is 0. The molecule has 1 rings (SSSR count). The van der Waals surface area contributed by atoms with Gasteiger partial charge in [0.05, 0.1) is 0 Å². The normalized spacial score (nSPS) is 10.0. The highest BCUT2D eigenvalue weighted by molar-refractivity contribution is 5.86. The van der Waals surface area contributed by atoms with Crippen molar-refractivity contribution in [3.63, 3.8) is 0 Å². The second-order valence-electron chi connectivity index (χ2n) is 3.75. The van der Waals surface area contributed by atoms with Gasteiger partial charge < -0.3 is 20.7 Å². The van der Waals surface area contributed by atoms with Crippen LogP contribution < -0.4 is 11.1 Å². The minimum Gasteiger partial charge on any atom is -0.477 e. The molecule has 0 radical (unpaired) electrons. The van der Waals surface area contributed by atoms with Crippen LogP contribution in [0.15, 0.2) is 18.3 Å².